The van der Waals surface area contributed by atoms with Crippen LogP contribution in [-0.4, -0.2) is 126 Å². The topological polar surface area (TPSA) is 67.3 Å². The van der Waals surface area contributed by atoms with Gasteiger partial charge in [0.25, 0.3) is 0 Å². The summed E-state index contributed by atoms with van der Waals surface area (Å²) in [6.07, 6.45) is 4.87. The molecule has 50 heavy (non-hydrogen) atoms. The first-order valence-corrected chi connectivity index (χ1v) is 21.9. The minimum Gasteiger partial charge on any atom is -0.541 e. The van der Waals surface area contributed by atoms with Crippen molar-refractivity contribution in [3.63, 3.8) is 0 Å². The van der Waals surface area contributed by atoms with E-state index in [1.54, 1.807) is 12.1 Å². The van der Waals surface area contributed by atoms with Gasteiger partial charge in [-0.3, -0.25) is 16.1 Å². The summed E-state index contributed by atoms with van der Waals surface area (Å²) in [6, 6.07) is 15.4. The predicted octanol–water partition coefficient (Wildman–Crippen LogP) is 7.44. The van der Waals surface area contributed by atoms with Gasteiger partial charge in [-0.15, -0.1) is 39.5 Å². The van der Waals surface area contributed by atoms with Crippen LogP contribution in [-0.2, 0) is 89.7 Å². The van der Waals surface area contributed by atoms with Crippen LogP contribution in [0.1, 0.15) is 53.7 Å². The van der Waals surface area contributed by atoms with Crippen molar-refractivity contribution in [2.24, 2.45) is 0 Å². The van der Waals surface area contributed by atoms with Crippen molar-refractivity contribution >= 4 is 55.4 Å². The van der Waals surface area contributed by atoms with Gasteiger partial charge in [0.05, 0.1) is 5.56 Å². The molecule has 1 N–H and O–H groups in total. The van der Waals surface area contributed by atoms with Gasteiger partial charge in [-0.2, -0.15) is 0 Å². The number of hydrogen-bond acceptors (Lipinski definition) is 10. The molecule has 2 aromatic carbocycles. The van der Waals surface area contributed by atoms with Crippen molar-refractivity contribution in [3.05, 3.63) is 84.6 Å². The zero-order valence-electron chi connectivity index (χ0n) is 30.9. The van der Waals surface area contributed by atoms with Gasteiger partial charge in [0, 0.05) is 142 Å². The van der Waals surface area contributed by atoms with Crippen molar-refractivity contribution < 1.29 is 80.1 Å². The number of hydrogen-bond donors (Lipinski definition) is 1. The Labute approximate surface area is 371 Å². The standard InChI is InChI=1S/C14H19N2O.C13H18N2O2.2C5H11S2.2Y/c1-15-7-9-16(10-8-15)12-14-4-2-13(3-5-14)6-11-17;1-14-6-8-15(9-7-14)10-11-2-4-12(5-3-11)13(16)17;2*1-3-5-7-6-4-2;;/h2-5H,6-10,12H2,1H3;2-5H,6-10H2,1H3,(H,16,17);2*2-5H2,1H3;;/q-1;;2*-1;;. The van der Waals surface area contributed by atoms with Crippen LogP contribution in [0.15, 0.2) is 48.5 Å². The van der Waals surface area contributed by atoms with Crippen LogP contribution < -0.4 is 0 Å². The molecule has 2 fully saturated rings. The quantitative estimate of drug-likeness (QED) is 0.110. The van der Waals surface area contributed by atoms with E-state index < -0.39 is 5.97 Å². The van der Waals surface area contributed by atoms with Crippen LogP contribution in [0.2, 0.25) is 0 Å². The van der Waals surface area contributed by atoms with Gasteiger partial charge in [0.15, 0.2) is 0 Å². The molecule has 0 spiro atoms. The minimum absolute atomic E-state index is 0. The third kappa shape index (κ3) is 27.6. The van der Waals surface area contributed by atoms with E-state index in [0.29, 0.717) is 12.0 Å². The molecule has 278 valence electrons. The van der Waals surface area contributed by atoms with E-state index in [0.717, 1.165) is 82.5 Å². The SMILES string of the molecule is CN1CCN(Cc2ccc(C(=O)O)cc2)CC1.CN1CCN(Cc2ccc(C[C-]=O)cc2)CC1.[CH2-]CSSCCC.[CH2-]CSSCCC.[Y].[Y]. The van der Waals surface area contributed by atoms with Crippen molar-refractivity contribution in [3.8, 4) is 0 Å². The third-order valence-electron chi connectivity index (χ3n) is 7.41. The molecule has 0 saturated carbocycles. The minimum atomic E-state index is -0.865. The van der Waals surface area contributed by atoms with Crippen molar-refractivity contribution in [1.82, 2.24) is 19.6 Å². The van der Waals surface area contributed by atoms with E-state index in [1.165, 1.54) is 35.5 Å². The average Bonchev–Trinajstić information content (AvgIpc) is 3.09. The van der Waals surface area contributed by atoms with E-state index in [1.807, 2.05) is 73.7 Å². The first-order valence-electron chi connectivity index (χ1n) is 16.9. The first kappa shape index (κ1) is 53.1. The summed E-state index contributed by atoms with van der Waals surface area (Å²) in [7, 11) is 11.8. The molecule has 2 aromatic rings. The van der Waals surface area contributed by atoms with Crippen LogP contribution in [0.4, 0.5) is 0 Å². The predicted molar refractivity (Wildman–Crippen MR) is 216 cm³/mol. The Bertz CT molecular complexity index is 1060. The molecule has 2 radical (unpaired) electrons. The summed E-state index contributed by atoms with van der Waals surface area (Å²) in [5.74, 6) is 3.64. The first-order chi connectivity index (χ1) is 23.3. The number of carboxylic acids is 1. The molecular weight excluding hydrogens is 855 g/mol. The van der Waals surface area contributed by atoms with Crippen molar-refractivity contribution in [2.45, 2.75) is 46.2 Å². The summed E-state index contributed by atoms with van der Waals surface area (Å²) in [5.41, 5.74) is 3.90. The van der Waals surface area contributed by atoms with Crippen LogP contribution >= 0.6 is 43.2 Å². The molecular formula is C37H59N4O3S4Y2-3. The maximum atomic E-state index is 10.7. The van der Waals surface area contributed by atoms with E-state index in [-0.39, 0.29) is 65.4 Å². The van der Waals surface area contributed by atoms with Crippen LogP contribution in [0, 0.1) is 13.8 Å². The zero-order valence-corrected chi connectivity index (χ0v) is 39.8. The molecule has 0 unspecified atom stereocenters. The molecule has 0 aliphatic carbocycles. The van der Waals surface area contributed by atoms with Gasteiger partial charge in [0.2, 0.25) is 0 Å². The largest absolute Gasteiger partial charge is 0.541 e. The summed E-state index contributed by atoms with van der Waals surface area (Å²) in [6.45, 7) is 22.7. The fraction of sp³-hybridized carbons (Fsp3) is 0.568. The molecule has 0 bridgehead atoms. The van der Waals surface area contributed by atoms with E-state index >= 15 is 0 Å². The number of carbonyl (C=O) groups is 1. The van der Waals surface area contributed by atoms with E-state index in [4.69, 9.17) is 5.11 Å². The number of aromatic carboxylic acids is 1. The van der Waals surface area contributed by atoms with Crippen LogP contribution in [0.25, 0.3) is 0 Å². The van der Waals surface area contributed by atoms with Gasteiger partial charge >= 0.3 is 5.97 Å². The van der Waals surface area contributed by atoms with E-state index in [9.17, 15) is 9.59 Å². The molecule has 0 aromatic heterocycles. The third-order valence-corrected chi connectivity index (χ3v) is 12.2. The van der Waals surface area contributed by atoms with Gasteiger partial charge < -0.3 is 33.5 Å². The number of rotatable bonds is 15. The number of piperazine rings is 2. The Morgan fingerprint density at radius 3 is 1.34 bits per heavy atom. The Morgan fingerprint density at radius 1 is 0.660 bits per heavy atom. The molecule has 7 nitrogen and oxygen atoms in total. The zero-order chi connectivity index (χ0) is 35.4. The summed E-state index contributed by atoms with van der Waals surface area (Å²) < 4.78 is 0. The summed E-state index contributed by atoms with van der Waals surface area (Å²) in [5, 5.41) is 8.81. The maximum absolute atomic E-state index is 10.7. The van der Waals surface area contributed by atoms with E-state index in [2.05, 4.69) is 73.5 Å². The summed E-state index contributed by atoms with van der Waals surface area (Å²) in [4.78, 5) is 30.5. The second-order valence-electron chi connectivity index (χ2n) is 11.6. The normalized spacial score (nSPS) is 15.0. The molecule has 13 heteroatoms. The van der Waals surface area contributed by atoms with Crippen molar-refractivity contribution in [1.29, 1.82) is 0 Å². The number of carboxylic acid groups (broad SMARTS) is 1. The Hall–Kier alpha value is 1.03. The molecule has 0 atom stereocenters. The smallest absolute Gasteiger partial charge is 0.335 e. The molecule has 2 aliphatic heterocycles. The molecule has 2 aliphatic rings. The van der Waals surface area contributed by atoms with Crippen LogP contribution in [0.3, 0.4) is 0 Å². The second-order valence-corrected chi connectivity index (χ2v) is 17.0. The monoisotopic (exact) mass is 913 g/mol. The Balaban J connectivity index is 0. The maximum Gasteiger partial charge on any atom is 0.335 e. The molecule has 0 amide bonds. The average molecular weight is 914 g/mol. The van der Waals surface area contributed by atoms with Gasteiger partial charge in [-0.05, 0) is 50.2 Å². The van der Waals surface area contributed by atoms with Gasteiger partial charge in [-0.1, -0.05) is 77.4 Å². The number of benzene rings is 2. The fourth-order valence-electron chi connectivity index (χ4n) is 4.53. The number of nitrogens with zero attached hydrogens (tertiary/aromatic N) is 4. The summed E-state index contributed by atoms with van der Waals surface area (Å²) >= 11 is 0. The Kier molecular flexibility index (Phi) is 37.9. The molecule has 4 rings (SSSR count). The van der Waals surface area contributed by atoms with Gasteiger partial charge in [-0.25, -0.2) is 4.79 Å². The van der Waals surface area contributed by atoms with Gasteiger partial charge in [0.1, 0.15) is 0 Å². The number of carbonyl (C=O) groups excluding carboxylic acids is 1. The molecule has 2 heterocycles. The Morgan fingerprint density at radius 2 is 1.02 bits per heavy atom. The van der Waals surface area contributed by atoms with Crippen molar-refractivity contribution in [2.75, 3.05) is 89.5 Å². The van der Waals surface area contributed by atoms with Crippen LogP contribution in [0.5, 0.6) is 0 Å². The fourth-order valence-corrected chi connectivity index (χ4v) is 7.75. The molecule has 2 saturated heterocycles. The number of likely N-dealkylation sites (N-methyl/N-ethyl adjacent to an activating group) is 2. The second kappa shape index (κ2) is 35.7.